The van der Waals surface area contributed by atoms with Crippen molar-refractivity contribution in [3.05, 3.63) is 101 Å². The average Bonchev–Trinajstić information content (AvgIpc) is 3.34. The molecule has 0 aliphatic heterocycles. The molecule has 2 aromatic heterocycles. The maximum atomic E-state index is 14.9. The third-order valence-corrected chi connectivity index (χ3v) is 4.61. The predicted octanol–water partition coefficient (Wildman–Crippen LogP) is 4.56. The molecule has 0 radical (unpaired) electrons. The van der Waals surface area contributed by atoms with Gasteiger partial charge in [0.2, 0.25) is 5.43 Å². The van der Waals surface area contributed by atoms with Gasteiger partial charge >= 0.3 is 6.36 Å². The zero-order valence-electron chi connectivity index (χ0n) is 17.7. The first-order valence-corrected chi connectivity index (χ1v) is 9.97. The second kappa shape index (κ2) is 9.63. The molecule has 0 spiro atoms. The highest BCUT2D eigenvalue weighted by Crippen LogP contribution is 2.26. The Morgan fingerprint density at radius 1 is 1.06 bits per heavy atom. The van der Waals surface area contributed by atoms with E-state index >= 15 is 0 Å². The van der Waals surface area contributed by atoms with Crippen LogP contribution in [0.2, 0.25) is 0 Å². The zero-order chi connectivity index (χ0) is 25.0. The van der Waals surface area contributed by atoms with Gasteiger partial charge in [-0.25, -0.2) is 13.8 Å². The van der Waals surface area contributed by atoms with E-state index < -0.39 is 23.4 Å². The molecule has 0 amide bonds. The largest absolute Gasteiger partial charge is 0.573 e. The standard InChI is InChI=1S/C23H16F4N6O2/c24-18-14-16(32-11-2-10-29-32)5-6-20(18)33-12-8-21(34)22(31-33)19(7-9-28)30-15-3-1-4-17(13-15)35-23(25,26)27/h1-14,28,30H/b19-7-,28-9?. The molecule has 2 aromatic carbocycles. The second-order valence-electron chi connectivity index (χ2n) is 7.01. The van der Waals surface area contributed by atoms with Crippen LogP contribution in [0.15, 0.2) is 84.1 Å². The number of hydrogen-bond donors (Lipinski definition) is 2. The molecule has 0 aliphatic rings. The van der Waals surface area contributed by atoms with Crippen LogP contribution in [0.4, 0.5) is 23.2 Å². The second-order valence-corrected chi connectivity index (χ2v) is 7.01. The number of nitrogens with one attached hydrogen (secondary N) is 2. The van der Waals surface area contributed by atoms with Crippen LogP contribution in [0.25, 0.3) is 17.1 Å². The Balaban J connectivity index is 1.68. The first kappa shape index (κ1) is 23.4. The molecule has 2 N–H and O–H groups in total. The Morgan fingerprint density at radius 3 is 2.57 bits per heavy atom. The monoisotopic (exact) mass is 484 g/mol. The van der Waals surface area contributed by atoms with E-state index in [1.807, 2.05) is 0 Å². The van der Waals surface area contributed by atoms with Crippen molar-refractivity contribution in [1.29, 1.82) is 5.41 Å². The molecule has 178 valence electrons. The Hall–Kier alpha value is -4.74. The molecule has 0 unspecified atom stereocenters. The van der Waals surface area contributed by atoms with Gasteiger partial charge in [0, 0.05) is 48.7 Å². The molecule has 0 fully saturated rings. The molecular formula is C23H16F4N6O2. The van der Waals surface area contributed by atoms with Gasteiger partial charge in [0.15, 0.2) is 11.5 Å². The summed E-state index contributed by atoms with van der Waals surface area (Å²) in [6, 6.07) is 12.1. The number of allylic oxidation sites excluding steroid dienone is 1. The molecule has 0 saturated carbocycles. The van der Waals surface area contributed by atoms with Crippen LogP contribution in [0.1, 0.15) is 5.69 Å². The summed E-state index contributed by atoms with van der Waals surface area (Å²) in [5.74, 6) is -1.11. The van der Waals surface area contributed by atoms with Crippen LogP contribution in [-0.4, -0.2) is 32.1 Å². The van der Waals surface area contributed by atoms with E-state index in [1.54, 1.807) is 24.5 Å². The van der Waals surface area contributed by atoms with Crippen LogP contribution < -0.4 is 15.5 Å². The molecule has 0 bridgehead atoms. The van der Waals surface area contributed by atoms with Crippen LogP contribution in [0.3, 0.4) is 0 Å². The van der Waals surface area contributed by atoms with Gasteiger partial charge in [0.1, 0.15) is 11.4 Å². The molecular weight excluding hydrogens is 468 g/mol. The first-order valence-electron chi connectivity index (χ1n) is 9.97. The summed E-state index contributed by atoms with van der Waals surface area (Å²) >= 11 is 0. The number of halogens is 4. The summed E-state index contributed by atoms with van der Waals surface area (Å²) in [7, 11) is 0. The summed E-state index contributed by atoms with van der Waals surface area (Å²) in [4.78, 5) is 12.5. The fourth-order valence-corrected chi connectivity index (χ4v) is 3.16. The van der Waals surface area contributed by atoms with Crippen LogP contribution in [0.5, 0.6) is 5.75 Å². The molecule has 0 saturated heterocycles. The highest BCUT2D eigenvalue weighted by molar-refractivity contribution is 5.87. The van der Waals surface area contributed by atoms with E-state index in [9.17, 15) is 22.4 Å². The maximum absolute atomic E-state index is 14.9. The fourth-order valence-electron chi connectivity index (χ4n) is 3.16. The number of rotatable bonds is 7. The SMILES string of the molecule is N=C/C=C(\Nc1cccc(OC(F)(F)F)c1)c1nn(-c2ccc(-n3cccn3)cc2F)ccc1=O. The number of benzene rings is 2. The number of anilines is 1. The summed E-state index contributed by atoms with van der Waals surface area (Å²) in [5.41, 5.74) is -0.0726. The first-order chi connectivity index (χ1) is 16.7. The van der Waals surface area contributed by atoms with Crippen molar-refractivity contribution in [3.8, 4) is 17.1 Å². The van der Waals surface area contributed by atoms with Crippen molar-refractivity contribution in [2.75, 3.05) is 5.32 Å². The fraction of sp³-hybridized carbons (Fsp3) is 0.0435. The topological polar surface area (TPSA) is 97.8 Å². The average molecular weight is 484 g/mol. The molecule has 12 heteroatoms. The van der Waals surface area contributed by atoms with E-state index in [0.717, 1.165) is 29.1 Å². The van der Waals surface area contributed by atoms with Crippen molar-refractivity contribution >= 4 is 17.6 Å². The summed E-state index contributed by atoms with van der Waals surface area (Å²) in [6.07, 6.45) is 1.67. The zero-order valence-corrected chi connectivity index (χ0v) is 17.7. The van der Waals surface area contributed by atoms with Gasteiger partial charge in [-0.05, 0) is 36.4 Å². The van der Waals surface area contributed by atoms with E-state index in [-0.39, 0.29) is 22.8 Å². The van der Waals surface area contributed by atoms with Gasteiger partial charge in [-0.15, -0.1) is 13.2 Å². The minimum atomic E-state index is -4.88. The molecule has 4 aromatic rings. The van der Waals surface area contributed by atoms with Gasteiger partial charge in [-0.3, -0.25) is 4.79 Å². The maximum Gasteiger partial charge on any atom is 0.573 e. The molecule has 4 rings (SSSR count). The number of alkyl halides is 3. The Bertz CT molecular complexity index is 1450. The highest BCUT2D eigenvalue weighted by Gasteiger charge is 2.31. The van der Waals surface area contributed by atoms with E-state index in [1.165, 1.54) is 41.2 Å². The normalized spacial score (nSPS) is 11.8. The van der Waals surface area contributed by atoms with Crippen LogP contribution in [-0.2, 0) is 0 Å². The third kappa shape index (κ3) is 5.61. The van der Waals surface area contributed by atoms with Gasteiger partial charge in [-0.1, -0.05) is 6.07 Å². The molecule has 0 atom stereocenters. The van der Waals surface area contributed by atoms with Crippen LogP contribution >= 0.6 is 0 Å². The van der Waals surface area contributed by atoms with Gasteiger partial charge in [0.05, 0.1) is 11.4 Å². The quantitative estimate of drug-likeness (QED) is 0.296. The highest BCUT2D eigenvalue weighted by atomic mass is 19.4. The lowest BCUT2D eigenvalue weighted by atomic mass is 10.2. The summed E-state index contributed by atoms with van der Waals surface area (Å²) in [6.45, 7) is 0. The predicted molar refractivity (Wildman–Crippen MR) is 120 cm³/mol. The minimum absolute atomic E-state index is 0.0112. The van der Waals surface area contributed by atoms with Crippen molar-refractivity contribution < 1.29 is 22.3 Å². The van der Waals surface area contributed by atoms with Gasteiger partial charge in [-0.2, -0.15) is 10.2 Å². The Labute approximate surface area is 195 Å². The van der Waals surface area contributed by atoms with Crippen molar-refractivity contribution in [1.82, 2.24) is 19.6 Å². The Kier molecular flexibility index (Phi) is 6.44. The lowest BCUT2D eigenvalue weighted by Gasteiger charge is -2.14. The number of ether oxygens (including phenoxy) is 1. The van der Waals surface area contributed by atoms with Crippen molar-refractivity contribution in [3.63, 3.8) is 0 Å². The molecule has 35 heavy (non-hydrogen) atoms. The number of nitrogens with zero attached hydrogens (tertiary/aromatic N) is 4. The number of hydrogen-bond acceptors (Lipinski definition) is 6. The van der Waals surface area contributed by atoms with Crippen molar-refractivity contribution in [2.24, 2.45) is 0 Å². The summed E-state index contributed by atoms with van der Waals surface area (Å²) in [5, 5.41) is 18.4. The lowest BCUT2D eigenvalue weighted by molar-refractivity contribution is -0.274. The van der Waals surface area contributed by atoms with E-state index in [4.69, 9.17) is 5.41 Å². The molecule has 2 heterocycles. The van der Waals surface area contributed by atoms with Gasteiger partial charge in [0.25, 0.3) is 0 Å². The van der Waals surface area contributed by atoms with E-state index in [0.29, 0.717) is 5.69 Å². The van der Waals surface area contributed by atoms with E-state index in [2.05, 4.69) is 20.3 Å². The minimum Gasteiger partial charge on any atom is -0.406 e. The number of aromatic nitrogens is 4. The third-order valence-electron chi connectivity index (χ3n) is 4.61. The lowest BCUT2D eigenvalue weighted by Crippen LogP contribution is -2.19. The molecule has 0 aliphatic carbocycles. The van der Waals surface area contributed by atoms with Gasteiger partial charge < -0.3 is 15.5 Å². The van der Waals surface area contributed by atoms with Crippen molar-refractivity contribution in [2.45, 2.75) is 6.36 Å². The van der Waals surface area contributed by atoms with Crippen LogP contribution in [0, 0.1) is 11.2 Å². The Morgan fingerprint density at radius 2 is 1.89 bits per heavy atom. The molecule has 8 nitrogen and oxygen atoms in total. The summed E-state index contributed by atoms with van der Waals surface area (Å²) < 4.78 is 59.0. The smallest absolute Gasteiger partial charge is 0.406 e.